The van der Waals surface area contributed by atoms with Crippen molar-refractivity contribution in [2.75, 3.05) is 6.54 Å². The van der Waals surface area contributed by atoms with Crippen LogP contribution in [-0.4, -0.2) is 12.7 Å². The number of rotatable bonds is 9. The third kappa shape index (κ3) is 9.84. The molecule has 13 heavy (non-hydrogen) atoms. The zero-order valence-electron chi connectivity index (χ0n) is 9.31. The molecule has 0 aliphatic heterocycles. The molecule has 0 aromatic carbocycles. The van der Waals surface area contributed by atoms with E-state index in [0.29, 0.717) is 0 Å². The van der Waals surface area contributed by atoms with Crippen LogP contribution in [0.1, 0.15) is 58.8 Å². The van der Waals surface area contributed by atoms with Gasteiger partial charge in [-0.3, -0.25) is 0 Å². The van der Waals surface area contributed by atoms with E-state index < -0.39 is 0 Å². The Kier molecular flexibility index (Phi) is 9.94. The van der Waals surface area contributed by atoms with Crippen LogP contribution >= 0.6 is 0 Å². The van der Waals surface area contributed by atoms with Gasteiger partial charge in [0.25, 0.3) is 0 Å². The van der Waals surface area contributed by atoms with Crippen molar-refractivity contribution >= 4 is 0 Å². The molecule has 3 N–H and O–H groups in total. The number of nitrogens with two attached hydrogens (primary N) is 1. The molecule has 0 saturated heterocycles. The number of hydrogen-bond donors (Lipinski definition) is 2. The second kappa shape index (κ2) is 10.0. The molecule has 2 heteroatoms. The fourth-order valence-electron chi connectivity index (χ4n) is 1.40. The summed E-state index contributed by atoms with van der Waals surface area (Å²) in [6.07, 6.45) is 9.21. The molecule has 0 bridgehead atoms. The van der Waals surface area contributed by atoms with E-state index >= 15 is 0 Å². The second-order valence-electron chi connectivity index (χ2n) is 3.76. The maximum absolute atomic E-state index is 5.86. The minimum atomic E-state index is 0.224. The second-order valence-corrected chi connectivity index (χ2v) is 3.76. The Bertz CT molecular complexity index is 94.1. The molecule has 1 unspecified atom stereocenters. The van der Waals surface area contributed by atoms with Crippen LogP contribution in [0, 0.1) is 0 Å². The van der Waals surface area contributed by atoms with Gasteiger partial charge in [-0.25, -0.2) is 0 Å². The Labute approximate surface area is 83.3 Å². The van der Waals surface area contributed by atoms with Crippen LogP contribution in [0.15, 0.2) is 0 Å². The molecular weight excluding hydrogens is 160 g/mol. The van der Waals surface area contributed by atoms with E-state index in [1.807, 2.05) is 0 Å². The van der Waals surface area contributed by atoms with Gasteiger partial charge in [-0.05, 0) is 19.4 Å². The van der Waals surface area contributed by atoms with Crippen LogP contribution in [0.4, 0.5) is 0 Å². The van der Waals surface area contributed by atoms with Crippen molar-refractivity contribution in [2.24, 2.45) is 5.73 Å². The molecule has 0 amide bonds. The average molecular weight is 186 g/mol. The Hall–Kier alpha value is -0.0800. The molecule has 0 rings (SSSR count). The van der Waals surface area contributed by atoms with Gasteiger partial charge in [0.2, 0.25) is 0 Å². The number of unbranched alkanes of at least 4 members (excludes halogenated alkanes) is 4. The fraction of sp³-hybridized carbons (Fsp3) is 1.00. The molecule has 0 aromatic rings. The summed E-state index contributed by atoms with van der Waals surface area (Å²) in [5, 5.41) is 3.30. The van der Waals surface area contributed by atoms with E-state index in [4.69, 9.17) is 5.73 Å². The monoisotopic (exact) mass is 186 g/mol. The Balaban J connectivity index is 3.03. The first kappa shape index (κ1) is 12.9. The summed E-state index contributed by atoms with van der Waals surface area (Å²) in [6, 6.07) is 0. The van der Waals surface area contributed by atoms with E-state index in [9.17, 15) is 0 Å². The summed E-state index contributed by atoms with van der Waals surface area (Å²) >= 11 is 0. The molecule has 1 atom stereocenters. The van der Waals surface area contributed by atoms with E-state index in [0.717, 1.165) is 13.0 Å². The lowest BCUT2D eigenvalue weighted by Crippen LogP contribution is -2.37. The minimum absolute atomic E-state index is 0.224. The van der Waals surface area contributed by atoms with Gasteiger partial charge in [0.15, 0.2) is 0 Å². The molecule has 0 fully saturated rings. The zero-order chi connectivity index (χ0) is 9.94. The van der Waals surface area contributed by atoms with Gasteiger partial charge >= 0.3 is 0 Å². The van der Waals surface area contributed by atoms with Crippen LogP contribution in [0.25, 0.3) is 0 Å². The molecule has 0 aromatic heterocycles. The minimum Gasteiger partial charge on any atom is -0.316 e. The lowest BCUT2D eigenvalue weighted by atomic mass is 10.1. The first-order chi connectivity index (χ1) is 6.31. The standard InChI is InChI=1S/C11H26N2/c1-3-5-6-7-8-9-11(12)13-10-4-2/h11,13H,3-10,12H2,1-2H3. The summed E-state index contributed by atoms with van der Waals surface area (Å²) in [6.45, 7) is 5.46. The Morgan fingerprint density at radius 3 is 2.31 bits per heavy atom. The van der Waals surface area contributed by atoms with Crippen molar-refractivity contribution in [3.8, 4) is 0 Å². The van der Waals surface area contributed by atoms with Crippen molar-refractivity contribution in [3.05, 3.63) is 0 Å². The van der Waals surface area contributed by atoms with E-state index in [1.54, 1.807) is 0 Å². The third-order valence-corrected chi connectivity index (χ3v) is 2.28. The number of hydrogen-bond acceptors (Lipinski definition) is 2. The lowest BCUT2D eigenvalue weighted by Gasteiger charge is -2.12. The summed E-state index contributed by atoms with van der Waals surface area (Å²) < 4.78 is 0. The van der Waals surface area contributed by atoms with Crippen LogP contribution < -0.4 is 11.1 Å². The maximum atomic E-state index is 5.86. The van der Waals surface area contributed by atoms with Crippen molar-refractivity contribution in [2.45, 2.75) is 65.0 Å². The molecule has 0 radical (unpaired) electrons. The molecule has 0 saturated carbocycles. The first-order valence-electron chi connectivity index (χ1n) is 5.80. The van der Waals surface area contributed by atoms with Crippen molar-refractivity contribution in [1.29, 1.82) is 0 Å². The van der Waals surface area contributed by atoms with Gasteiger partial charge in [0.1, 0.15) is 0 Å². The summed E-state index contributed by atoms with van der Waals surface area (Å²) in [5.74, 6) is 0. The largest absolute Gasteiger partial charge is 0.316 e. The quantitative estimate of drug-likeness (QED) is 0.429. The highest BCUT2D eigenvalue weighted by Crippen LogP contribution is 2.05. The van der Waals surface area contributed by atoms with Crippen molar-refractivity contribution < 1.29 is 0 Å². The molecule has 0 heterocycles. The summed E-state index contributed by atoms with van der Waals surface area (Å²) in [4.78, 5) is 0. The highest BCUT2D eigenvalue weighted by molar-refractivity contribution is 4.58. The Morgan fingerprint density at radius 2 is 1.69 bits per heavy atom. The molecule has 80 valence electrons. The SMILES string of the molecule is CCCCCCCC(N)NCCC. The highest BCUT2D eigenvalue weighted by Gasteiger charge is 1.99. The van der Waals surface area contributed by atoms with Gasteiger partial charge in [-0.1, -0.05) is 46.0 Å². The summed E-state index contributed by atoms with van der Waals surface area (Å²) in [7, 11) is 0. The van der Waals surface area contributed by atoms with Crippen molar-refractivity contribution in [3.63, 3.8) is 0 Å². The first-order valence-corrected chi connectivity index (χ1v) is 5.80. The topological polar surface area (TPSA) is 38.0 Å². The Morgan fingerprint density at radius 1 is 1.00 bits per heavy atom. The molecular formula is C11H26N2. The molecule has 2 nitrogen and oxygen atoms in total. The molecule has 0 aliphatic rings. The van der Waals surface area contributed by atoms with Gasteiger partial charge in [-0.15, -0.1) is 0 Å². The van der Waals surface area contributed by atoms with Gasteiger partial charge in [0, 0.05) is 0 Å². The van der Waals surface area contributed by atoms with Gasteiger partial charge in [0.05, 0.1) is 6.17 Å². The molecule has 0 spiro atoms. The molecule has 0 aliphatic carbocycles. The predicted molar refractivity (Wildman–Crippen MR) is 59.6 cm³/mol. The fourth-order valence-corrected chi connectivity index (χ4v) is 1.40. The van der Waals surface area contributed by atoms with E-state index in [2.05, 4.69) is 19.2 Å². The van der Waals surface area contributed by atoms with E-state index in [1.165, 1.54) is 38.5 Å². The summed E-state index contributed by atoms with van der Waals surface area (Å²) in [5.41, 5.74) is 5.86. The van der Waals surface area contributed by atoms with Crippen LogP contribution in [0.5, 0.6) is 0 Å². The maximum Gasteiger partial charge on any atom is 0.0546 e. The smallest absolute Gasteiger partial charge is 0.0546 e. The van der Waals surface area contributed by atoms with Crippen LogP contribution in [0.2, 0.25) is 0 Å². The number of nitrogens with one attached hydrogen (secondary N) is 1. The van der Waals surface area contributed by atoms with Gasteiger partial charge < -0.3 is 11.1 Å². The zero-order valence-corrected chi connectivity index (χ0v) is 9.31. The predicted octanol–water partition coefficient (Wildman–Crippen LogP) is 2.63. The van der Waals surface area contributed by atoms with Gasteiger partial charge in [-0.2, -0.15) is 0 Å². The van der Waals surface area contributed by atoms with Crippen molar-refractivity contribution in [1.82, 2.24) is 5.32 Å². The third-order valence-electron chi connectivity index (χ3n) is 2.28. The van der Waals surface area contributed by atoms with Crippen LogP contribution in [-0.2, 0) is 0 Å². The average Bonchev–Trinajstić information content (AvgIpc) is 2.14. The van der Waals surface area contributed by atoms with Crippen LogP contribution in [0.3, 0.4) is 0 Å². The van der Waals surface area contributed by atoms with E-state index in [-0.39, 0.29) is 6.17 Å². The lowest BCUT2D eigenvalue weighted by molar-refractivity contribution is 0.465. The highest BCUT2D eigenvalue weighted by atomic mass is 15.0. The normalized spacial score (nSPS) is 13.2.